The molecule has 0 saturated carbocycles. The smallest absolute Gasteiger partial charge is 0.303 e. The van der Waals surface area contributed by atoms with Gasteiger partial charge in [-0.25, -0.2) is 0 Å². The lowest BCUT2D eigenvalue weighted by Crippen LogP contribution is -2.30. The zero-order valence-electron chi connectivity index (χ0n) is 21.4. The lowest BCUT2D eigenvalue weighted by molar-refractivity contribution is -0.137. The van der Waals surface area contributed by atoms with Gasteiger partial charge in [0.25, 0.3) is 0 Å². The van der Waals surface area contributed by atoms with Crippen molar-refractivity contribution in [2.75, 3.05) is 33.2 Å². The van der Waals surface area contributed by atoms with Gasteiger partial charge < -0.3 is 10.0 Å². The number of halogens is 1. The Hall–Kier alpha value is -1.40. The molecule has 4 rings (SSSR count). The third-order valence-corrected chi connectivity index (χ3v) is 7.55. The Labute approximate surface area is 215 Å². The van der Waals surface area contributed by atoms with E-state index in [1.165, 1.54) is 48.9 Å². The third-order valence-electron chi connectivity index (χ3n) is 6.49. The Balaban J connectivity index is 0.000000234. The van der Waals surface area contributed by atoms with Gasteiger partial charge in [0.1, 0.15) is 0 Å². The Bertz CT molecular complexity index is 835. The molecule has 2 aliphatic heterocycles. The lowest BCUT2D eigenvalue weighted by Gasteiger charge is -2.28. The Kier molecular flexibility index (Phi) is 13.2. The van der Waals surface area contributed by atoms with Gasteiger partial charge in [0.15, 0.2) is 0 Å². The summed E-state index contributed by atoms with van der Waals surface area (Å²) in [5, 5.41) is 13.8. The summed E-state index contributed by atoms with van der Waals surface area (Å²) in [6.07, 6.45) is 6.06. The molecule has 6 heteroatoms. The van der Waals surface area contributed by atoms with Crippen molar-refractivity contribution in [3.63, 3.8) is 0 Å². The highest BCUT2D eigenvalue weighted by Crippen LogP contribution is 2.30. The van der Waals surface area contributed by atoms with Gasteiger partial charge >= 0.3 is 5.97 Å². The van der Waals surface area contributed by atoms with E-state index in [4.69, 9.17) is 16.7 Å². The second-order valence-corrected chi connectivity index (χ2v) is 10.9. The molecule has 0 amide bonds. The molecule has 1 N–H and O–H groups in total. The van der Waals surface area contributed by atoms with Gasteiger partial charge in [0, 0.05) is 24.5 Å². The van der Waals surface area contributed by atoms with Crippen LogP contribution < -0.4 is 0 Å². The molecule has 0 spiro atoms. The van der Waals surface area contributed by atoms with Crippen LogP contribution >= 0.6 is 22.9 Å². The van der Waals surface area contributed by atoms with E-state index < -0.39 is 5.97 Å². The number of rotatable bonds is 6. The molecule has 34 heavy (non-hydrogen) atoms. The highest BCUT2D eigenvalue weighted by atomic mass is 35.5. The first kappa shape index (κ1) is 28.8. The van der Waals surface area contributed by atoms with Gasteiger partial charge in [-0.05, 0) is 111 Å². The largest absolute Gasteiger partial charge is 0.481 e. The average Bonchev–Trinajstić information content (AvgIpc) is 3.48. The summed E-state index contributed by atoms with van der Waals surface area (Å²) in [6, 6.07) is 8.63. The number of aryl methyl sites for hydroxylation is 1. The number of hydrogen-bond donors (Lipinski definition) is 1. The van der Waals surface area contributed by atoms with Crippen LogP contribution in [0.3, 0.4) is 0 Å². The van der Waals surface area contributed by atoms with E-state index >= 15 is 0 Å². The number of nitrogens with zero attached hydrogens (tertiary/aromatic N) is 2. The average molecular weight is 507 g/mol. The zero-order valence-corrected chi connectivity index (χ0v) is 23.0. The van der Waals surface area contributed by atoms with Crippen molar-refractivity contribution in [1.82, 2.24) is 9.80 Å². The van der Waals surface area contributed by atoms with Crippen molar-refractivity contribution < 1.29 is 9.90 Å². The minimum atomic E-state index is -0.658. The predicted octanol–water partition coefficient (Wildman–Crippen LogP) is 7.31. The topological polar surface area (TPSA) is 43.8 Å². The van der Waals surface area contributed by atoms with Crippen LogP contribution in [0, 0.1) is 12.8 Å². The third kappa shape index (κ3) is 10.5. The summed E-state index contributed by atoms with van der Waals surface area (Å²) in [5.74, 6) is 0.696. The van der Waals surface area contributed by atoms with E-state index in [9.17, 15) is 4.79 Å². The molecule has 2 aliphatic rings. The fourth-order valence-corrected chi connectivity index (χ4v) is 5.49. The van der Waals surface area contributed by atoms with Crippen LogP contribution in [0.4, 0.5) is 0 Å². The van der Waals surface area contributed by atoms with Crippen LogP contribution in [-0.4, -0.2) is 54.1 Å². The summed E-state index contributed by atoms with van der Waals surface area (Å²) in [7, 11) is 2.12. The van der Waals surface area contributed by atoms with Crippen molar-refractivity contribution in [3.8, 4) is 0 Å². The molecule has 3 heterocycles. The summed E-state index contributed by atoms with van der Waals surface area (Å²) >= 11 is 8.11. The van der Waals surface area contributed by atoms with E-state index in [0.29, 0.717) is 18.3 Å². The van der Waals surface area contributed by atoms with Gasteiger partial charge in [-0.15, -0.1) is 0 Å². The molecule has 2 saturated heterocycles. The van der Waals surface area contributed by atoms with Gasteiger partial charge in [0.05, 0.1) is 0 Å². The molecular weight excluding hydrogens is 464 g/mol. The van der Waals surface area contributed by atoms with Crippen LogP contribution in [0.5, 0.6) is 0 Å². The van der Waals surface area contributed by atoms with Crippen molar-refractivity contribution >= 4 is 28.9 Å². The van der Waals surface area contributed by atoms with Crippen LogP contribution in [0.1, 0.15) is 75.0 Å². The molecule has 0 aliphatic carbocycles. The summed E-state index contributed by atoms with van der Waals surface area (Å²) < 4.78 is 0. The number of benzene rings is 1. The molecule has 2 aromatic rings. The maximum Gasteiger partial charge on any atom is 0.303 e. The quantitative estimate of drug-likeness (QED) is 0.446. The second kappa shape index (κ2) is 15.6. The van der Waals surface area contributed by atoms with E-state index in [1.54, 1.807) is 11.3 Å². The lowest BCUT2D eigenvalue weighted by atomic mass is 9.92. The number of carboxylic acid groups (broad SMARTS) is 1. The van der Waals surface area contributed by atoms with Gasteiger partial charge in [0.2, 0.25) is 0 Å². The van der Waals surface area contributed by atoms with Gasteiger partial charge in [-0.1, -0.05) is 44.0 Å². The van der Waals surface area contributed by atoms with E-state index in [2.05, 4.69) is 72.6 Å². The summed E-state index contributed by atoms with van der Waals surface area (Å²) in [4.78, 5) is 15.1. The number of hydrogen-bond acceptors (Lipinski definition) is 4. The van der Waals surface area contributed by atoms with E-state index in [1.807, 2.05) is 0 Å². The van der Waals surface area contributed by atoms with Crippen LogP contribution in [-0.2, 0) is 11.3 Å². The highest BCUT2D eigenvalue weighted by molar-refractivity contribution is 7.08. The monoisotopic (exact) mass is 506 g/mol. The molecule has 0 bridgehead atoms. The minimum Gasteiger partial charge on any atom is -0.481 e. The predicted molar refractivity (Wildman–Crippen MR) is 146 cm³/mol. The van der Waals surface area contributed by atoms with Crippen LogP contribution in [0.2, 0.25) is 5.02 Å². The highest BCUT2D eigenvalue weighted by Gasteiger charge is 2.24. The SMILES string of the molecule is CCC.CN1CCC(CCC(=O)O)CC1.Cc1ccc(CN2CCC(c3ccsc3)C2)c(Cl)c1. The van der Waals surface area contributed by atoms with Crippen LogP contribution in [0.25, 0.3) is 0 Å². The molecule has 190 valence electrons. The molecule has 2 fully saturated rings. The van der Waals surface area contributed by atoms with Gasteiger partial charge in [-0.2, -0.15) is 11.3 Å². The molecule has 1 atom stereocenters. The molecule has 0 radical (unpaired) electrons. The minimum absolute atomic E-state index is 0.342. The normalized spacial score (nSPS) is 19.1. The Morgan fingerprint density at radius 1 is 1.15 bits per heavy atom. The Morgan fingerprint density at radius 2 is 1.85 bits per heavy atom. The summed E-state index contributed by atoms with van der Waals surface area (Å²) in [5.41, 5.74) is 3.98. The van der Waals surface area contributed by atoms with Crippen LogP contribution in [0.15, 0.2) is 35.0 Å². The second-order valence-electron chi connectivity index (χ2n) is 9.76. The first-order valence-corrected chi connectivity index (χ1v) is 14.0. The first-order chi connectivity index (χ1) is 16.3. The van der Waals surface area contributed by atoms with Crippen molar-refractivity contribution in [2.24, 2.45) is 5.92 Å². The number of piperidine rings is 1. The van der Waals surface area contributed by atoms with Crippen molar-refractivity contribution in [1.29, 1.82) is 0 Å². The number of aliphatic carboxylic acids is 1. The zero-order chi connectivity index (χ0) is 24.9. The molecule has 1 aromatic carbocycles. The number of likely N-dealkylation sites (tertiary alicyclic amines) is 2. The molecule has 1 unspecified atom stereocenters. The maximum atomic E-state index is 10.3. The van der Waals surface area contributed by atoms with Crippen molar-refractivity contribution in [3.05, 3.63) is 56.7 Å². The maximum absolute atomic E-state index is 10.3. The standard InChI is InChI=1S/C16H18ClNS.C9H17NO2.C3H8/c1-12-2-3-14(16(17)8-12)10-18-6-4-13(9-18)15-5-7-19-11-15;1-10-6-4-8(5-7-10)2-3-9(11)12;1-3-2/h2-3,5,7-8,11,13H,4,6,9-10H2,1H3;8H,2-7H2,1H3,(H,11,12);3H2,1-2H3. The molecule has 1 aromatic heterocycles. The number of carbonyl (C=O) groups is 1. The first-order valence-electron chi connectivity index (χ1n) is 12.7. The summed E-state index contributed by atoms with van der Waals surface area (Å²) in [6.45, 7) is 11.9. The molecular formula is C28H43ClN2O2S. The van der Waals surface area contributed by atoms with E-state index in [-0.39, 0.29) is 0 Å². The van der Waals surface area contributed by atoms with Gasteiger partial charge in [-0.3, -0.25) is 9.69 Å². The van der Waals surface area contributed by atoms with Crippen molar-refractivity contribution in [2.45, 2.75) is 71.8 Å². The number of thiophene rings is 1. The fourth-order valence-electron chi connectivity index (χ4n) is 4.46. The Morgan fingerprint density at radius 3 is 2.44 bits per heavy atom. The fraction of sp³-hybridized carbons (Fsp3) is 0.607. The number of carboxylic acids is 1. The van der Waals surface area contributed by atoms with E-state index in [0.717, 1.165) is 37.6 Å². The molecule has 4 nitrogen and oxygen atoms in total.